The van der Waals surface area contributed by atoms with E-state index in [1.165, 1.54) is 11.3 Å². The summed E-state index contributed by atoms with van der Waals surface area (Å²) in [6, 6.07) is 13.4. The minimum Gasteiger partial charge on any atom is -0.484 e. The molecule has 4 nitrogen and oxygen atoms in total. The van der Waals surface area contributed by atoms with Crippen LogP contribution in [0.2, 0.25) is 0 Å². The minimum absolute atomic E-state index is 0.0623. The molecule has 0 spiro atoms. The highest BCUT2D eigenvalue weighted by molar-refractivity contribution is 7.22. The van der Waals surface area contributed by atoms with Gasteiger partial charge in [0.05, 0.1) is 5.41 Å². The van der Waals surface area contributed by atoms with Gasteiger partial charge < -0.3 is 14.2 Å². The highest BCUT2D eigenvalue weighted by atomic mass is 32.1. The number of hydrogen-bond donors (Lipinski definition) is 0. The third-order valence-electron chi connectivity index (χ3n) is 9.32. The summed E-state index contributed by atoms with van der Waals surface area (Å²) >= 11 is 1.50. The lowest BCUT2D eigenvalue weighted by Crippen LogP contribution is -2.55. The molecule has 0 aliphatic rings. The molecule has 1 heterocycles. The molecule has 256 valence electrons. The second-order valence-electron chi connectivity index (χ2n) is 16.3. The van der Waals surface area contributed by atoms with E-state index in [9.17, 15) is 13.6 Å². The number of unbranched alkanes of at least 4 members (excludes halogenated alkanes) is 2. The van der Waals surface area contributed by atoms with Crippen LogP contribution < -0.4 is 9.47 Å². The molecular formula is C39H56F2O4S. The number of fused-ring (bicyclic) bond motifs is 1. The van der Waals surface area contributed by atoms with E-state index in [4.69, 9.17) is 14.2 Å². The second kappa shape index (κ2) is 13.4. The molecule has 1 atom stereocenters. The van der Waals surface area contributed by atoms with Gasteiger partial charge in [0, 0.05) is 22.1 Å². The topological polar surface area (TPSA) is 44.8 Å². The molecule has 3 aromatic rings. The fourth-order valence-electron chi connectivity index (χ4n) is 5.58. The summed E-state index contributed by atoms with van der Waals surface area (Å²) in [4.78, 5) is 14.7. The van der Waals surface area contributed by atoms with Crippen molar-refractivity contribution in [1.29, 1.82) is 0 Å². The van der Waals surface area contributed by atoms with Gasteiger partial charge in [0.2, 0.25) is 0 Å². The van der Waals surface area contributed by atoms with Crippen LogP contribution in [0, 0.1) is 16.2 Å². The van der Waals surface area contributed by atoms with Crippen molar-refractivity contribution in [1.82, 2.24) is 0 Å². The Bertz CT molecular complexity index is 1500. The van der Waals surface area contributed by atoms with Gasteiger partial charge in [-0.2, -0.15) is 8.78 Å². The van der Waals surface area contributed by atoms with Crippen molar-refractivity contribution in [2.45, 2.75) is 139 Å². The summed E-state index contributed by atoms with van der Waals surface area (Å²) in [5.74, 6) is 0.580. The standard InChI is InChI=1S/C39H56F2O4S/c1-14-15-16-17-26-18-21-29(30(22-26)44-39(13,40)41)32-23-27-19-20-28(24-31(27)46-32)43-36(8,9)37(10,11)45-33(42)38(12,35(5,6)7)25-34(2,3)4/h18-24H,14-17,25H2,1-13H3. The molecule has 0 radical (unpaired) electrons. The van der Waals surface area contributed by atoms with Gasteiger partial charge in [-0.1, -0.05) is 67.4 Å². The van der Waals surface area contributed by atoms with E-state index in [2.05, 4.69) is 48.5 Å². The summed E-state index contributed by atoms with van der Waals surface area (Å²) in [7, 11) is 0. The van der Waals surface area contributed by atoms with Crippen LogP contribution in [-0.2, 0) is 16.0 Å². The molecule has 7 heteroatoms. The first-order valence-electron chi connectivity index (χ1n) is 16.5. The summed E-state index contributed by atoms with van der Waals surface area (Å²) in [6.07, 6.45) is 1.39. The maximum absolute atomic E-state index is 14.1. The Kier molecular flexibility index (Phi) is 11.0. The predicted molar refractivity (Wildman–Crippen MR) is 188 cm³/mol. The molecule has 2 aromatic carbocycles. The average molecular weight is 659 g/mol. The van der Waals surface area contributed by atoms with E-state index in [1.54, 1.807) is 6.07 Å². The zero-order valence-corrected chi connectivity index (χ0v) is 31.2. The lowest BCUT2D eigenvalue weighted by atomic mass is 9.61. The molecule has 0 aliphatic heterocycles. The van der Waals surface area contributed by atoms with E-state index >= 15 is 0 Å². The van der Waals surface area contributed by atoms with Gasteiger partial charge in [-0.15, -0.1) is 11.3 Å². The quantitative estimate of drug-likeness (QED) is 0.135. The normalized spacial score (nSPS) is 14.7. The van der Waals surface area contributed by atoms with Crippen molar-refractivity contribution in [2.75, 3.05) is 0 Å². The largest absolute Gasteiger partial charge is 0.484 e. The SMILES string of the molecule is CCCCCc1ccc(-c2cc3ccc(OC(C)(C)C(C)(C)OC(=O)C(C)(CC(C)(C)C)C(C)(C)C)cc3s2)c(OC(C)(F)F)c1. The highest BCUT2D eigenvalue weighted by Gasteiger charge is 2.52. The third kappa shape index (κ3) is 9.23. The molecule has 0 saturated heterocycles. The van der Waals surface area contributed by atoms with Gasteiger partial charge in [-0.3, -0.25) is 4.79 Å². The van der Waals surface area contributed by atoms with Gasteiger partial charge in [0.25, 0.3) is 0 Å². The van der Waals surface area contributed by atoms with E-state index in [0.29, 0.717) is 17.7 Å². The van der Waals surface area contributed by atoms with Crippen molar-refractivity contribution in [3.63, 3.8) is 0 Å². The molecular weight excluding hydrogens is 602 g/mol. The monoisotopic (exact) mass is 658 g/mol. The number of aryl methyl sites for hydroxylation is 1. The second-order valence-corrected chi connectivity index (χ2v) is 17.4. The summed E-state index contributed by atoms with van der Waals surface area (Å²) in [5.41, 5.74) is -1.29. The molecule has 1 unspecified atom stereocenters. The number of hydrogen-bond acceptors (Lipinski definition) is 5. The minimum atomic E-state index is -3.30. The van der Waals surface area contributed by atoms with Gasteiger partial charge in [0.1, 0.15) is 22.7 Å². The molecule has 0 amide bonds. The number of halogens is 2. The van der Waals surface area contributed by atoms with Gasteiger partial charge in [-0.25, -0.2) is 0 Å². The predicted octanol–water partition coefficient (Wildman–Crippen LogP) is 12.3. The van der Waals surface area contributed by atoms with E-state index in [-0.39, 0.29) is 22.5 Å². The smallest absolute Gasteiger partial charge is 0.394 e. The molecule has 0 fully saturated rings. The van der Waals surface area contributed by atoms with Gasteiger partial charge >= 0.3 is 12.1 Å². The van der Waals surface area contributed by atoms with Crippen LogP contribution in [0.5, 0.6) is 11.5 Å². The van der Waals surface area contributed by atoms with Gasteiger partial charge in [0.15, 0.2) is 0 Å². The molecule has 0 bridgehead atoms. The molecule has 0 saturated carbocycles. The van der Waals surface area contributed by atoms with Crippen LogP contribution >= 0.6 is 11.3 Å². The van der Waals surface area contributed by atoms with Crippen molar-refractivity contribution < 1.29 is 27.8 Å². The van der Waals surface area contributed by atoms with Crippen LogP contribution in [0.25, 0.3) is 20.5 Å². The molecule has 0 aliphatic carbocycles. The molecule has 46 heavy (non-hydrogen) atoms. The fourth-order valence-corrected chi connectivity index (χ4v) is 6.70. The van der Waals surface area contributed by atoms with Crippen LogP contribution in [0.4, 0.5) is 8.78 Å². The lowest BCUT2D eigenvalue weighted by molar-refractivity contribution is -0.195. The number of carbonyl (C=O) groups is 1. The maximum atomic E-state index is 14.1. The van der Waals surface area contributed by atoms with E-state index in [1.807, 2.05) is 71.0 Å². The Labute approximate surface area is 280 Å². The van der Waals surface area contributed by atoms with Crippen LogP contribution in [0.15, 0.2) is 42.5 Å². The van der Waals surface area contributed by atoms with Crippen molar-refractivity contribution in [2.24, 2.45) is 16.2 Å². The molecule has 1 aromatic heterocycles. The number of esters is 1. The lowest BCUT2D eigenvalue weighted by Gasteiger charge is -2.47. The zero-order chi connectivity index (χ0) is 34.9. The van der Waals surface area contributed by atoms with Crippen molar-refractivity contribution >= 4 is 27.4 Å². The number of alkyl halides is 2. The Morgan fingerprint density at radius 1 is 0.783 bits per heavy atom. The number of thiophene rings is 1. The summed E-state index contributed by atoms with van der Waals surface area (Å²) in [6.45, 7) is 25.3. The fraction of sp³-hybridized carbons (Fsp3) is 0.615. The molecule has 3 rings (SSSR count). The number of benzene rings is 2. The Morgan fingerprint density at radius 3 is 2.00 bits per heavy atom. The number of ether oxygens (including phenoxy) is 3. The van der Waals surface area contributed by atoms with E-state index in [0.717, 1.165) is 53.1 Å². The van der Waals surface area contributed by atoms with Gasteiger partial charge in [-0.05, 0) is 112 Å². The van der Waals surface area contributed by atoms with Crippen molar-refractivity contribution in [3.05, 3.63) is 48.0 Å². The Hall–Kier alpha value is -2.67. The van der Waals surface area contributed by atoms with Crippen LogP contribution in [0.1, 0.15) is 121 Å². The first-order valence-corrected chi connectivity index (χ1v) is 17.4. The van der Waals surface area contributed by atoms with Crippen LogP contribution in [0.3, 0.4) is 0 Å². The summed E-state index contributed by atoms with van der Waals surface area (Å²) in [5, 5.41) is 0.972. The first kappa shape index (κ1) is 37.8. The third-order valence-corrected chi connectivity index (χ3v) is 10.5. The first-order chi connectivity index (χ1) is 20.9. The zero-order valence-electron chi connectivity index (χ0n) is 30.4. The number of carbonyl (C=O) groups excluding carboxylic acids is 1. The Morgan fingerprint density at radius 2 is 1.43 bits per heavy atom. The maximum Gasteiger partial charge on any atom is 0.394 e. The molecule has 0 N–H and O–H groups in total. The highest BCUT2D eigenvalue weighted by Crippen LogP contribution is 2.49. The Balaban J connectivity index is 1.90. The number of rotatable bonds is 13. The van der Waals surface area contributed by atoms with Crippen LogP contribution in [-0.4, -0.2) is 23.3 Å². The average Bonchev–Trinajstić information content (AvgIpc) is 3.29. The summed E-state index contributed by atoms with van der Waals surface area (Å²) < 4.78 is 47.1. The van der Waals surface area contributed by atoms with Crippen molar-refractivity contribution in [3.8, 4) is 21.9 Å². The van der Waals surface area contributed by atoms with E-state index < -0.39 is 22.7 Å².